The van der Waals surface area contributed by atoms with E-state index < -0.39 is 23.2 Å². The Balaban J connectivity index is 1.31. The molecule has 3 aromatic rings. The first kappa shape index (κ1) is 29.9. The predicted octanol–water partition coefficient (Wildman–Crippen LogP) is 6.04. The van der Waals surface area contributed by atoms with Crippen molar-refractivity contribution in [2.75, 3.05) is 30.3 Å². The number of anilines is 2. The lowest BCUT2D eigenvalue weighted by Gasteiger charge is -2.33. The number of carbonyl (C=O) groups excluding carboxylic acids is 3. The van der Waals surface area contributed by atoms with E-state index in [4.69, 9.17) is 21.1 Å². The van der Waals surface area contributed by atoms with Crippen molar-refractivity contribution in [1.82, 2.24) is 14.9 Å². The van der Waals surface area contributed by atoms with E-state index >= 15 is 0 Å². The van der Waals surface area contributed by atoms with Crippen molar-refractivity contribution in [3.8, 4) is 5.75 Å². The monoisotopic (exact) mass is 585 g/mol. The molecule has 0 saturated carbocycles. The summed E-state index contributed by atoms with van der Waals surface area (Å²) in [5.74, 6) is -1.14. The summed E-state index contributed by atoms with van der Waals surface area (Å²) >= 11 is 5.99. The first-order chi connectivity index (χ1) is 19.4. The number of carbonyl (C=O) groups is 3. The number of aromatic nitrogens is 2. The highest BCUT2D eigenvalue weighted by Crippen LogP contribution is 2.27. The third-order valence-electron chi connectivity index (χ3n) is 6.48. The number of aryl methyl sites for hydroxylation is 1. The molecule has 0 radical (unpaired) electrons. The van der Waals surface area contributed by atoms with Gasteiger partial charge in [0, 0.05) is 18.8 Å². The Bertz CT molecular complexity index is 1410. The lowest BCUT2D eigenvalue weighted by Crippen LogP contribution is -2.42. The molecular formula is C29H33ClFN5O5. The molecule has 3 N–H and O–H groups in total. The zero-order valence-corrected chi connectivity index (χ0v) is 24.1. The number of benzene rings is 2. The van der Waals surface area contributed by atoms with Crippen LogP contribution in [0.2, 0.25) is 5.02 Å². The van der Waals surface area contributed by atoms with E-state index in [9.17, 15) is 18.8 Å². The van der Waals surface area contributed by atoms with Crippen molar-refractivity contribution in [3.63, 3.8) is 0 Å². The van der Waals surface area contributed by atoms with Gasteiger partial charge in [-0.15, -0.1) is 0 Å². The summed E-state index contributed by atoms with van der Waals surface area (Å²) < 4.78 is 25.5. The van der Waals surface area contributed by atoms with Gasteiger partial charge >= 0.3 is 6.09 Å². The van der Waals surface area contributed by atoms with Gasteiger partial charge in [-0.25, -0.2) is 14.2 Å². The highest BCUT2D eigenvalue weighted by Gasteiger charge is 2.27. The van der Waals surface area contributed by atoms with Crippen molar-refractivity contribution >= 4 is 40.9 Å². The van der Waals surface area contributed by atoms with Gasteiger partial charge in [-0.1, -0.05) is 17.7 Å². The molecule has 218 valence electrons. The third kappa shape index (κ3) is 7.75. The number of nitrogens with one attached hydrogen (secondary N) is 3. The molecule has 1 fully saturated rings. The van der Waals surface area contributed by atoms with E-state index in [1.807, 2.05) is 33.8 Å². The minimum atomic E-state index is -0.791. The first-order valence-electron chi connectivity index (χ1n) is 13.2. The Morgan fingerprint density at radius 1 is 1.12 bits per heavy atom. The Morgan fingerprint density at radius 2 is 1.85 bits per heavy atom. The summed E-state index contributed by atoms with van der Waals surface area (Å²) in [7, 11) is 0. The van der Waals surface area contributed by atoms with E-state index in [-0.39, 0.29) is 28.2 Å². The minimum Gasteiger partial charge on any atom is -0.493 e. The van der Waals surface area contributed by atoms with Gasteiger partial charge in [0.2, 0.25) is 0 Å². The zero-order chi connectivity index (χ0) is 29.7. The van der Waals surface area contributed by atoms with Crippen LogP contribution in [0.1, 0.15) is 60.2 Å². The van der Waals surface area contributed by atoms with Crippen LogP contribution in [-0.2, 0) is 4.74 Å². The average molecular weight is 586 g/mol. The number of ether oxygens (including phenoxy) is 2. The van der Waals surface area contributed by atoms with Crippen LogP contribution >= 0.6 is 11.6 Å². The van der Waals surface area contributed by atoms with Gasteiger partial charge in [0.05, 0.1) is 23.6 Å². The molecule has 0 spiro atoms. The van der Waals surface area contributed by atoms with Crippen LogP contribution < -0.4 is 15.4 Å². The first-order valence-corrected chi connectivity index (χ1v) is 13.6. The standard InChI is InChI=1S/C29H33ClFN5O5/c1-17-14-19(40-15-18-10-12-36(13-11-18)28(39)41-29(2,3)4)8-9-22(17)34-26(37)24-25(33-16-32-24)27(38)35-23-20(30)6-5-7-21(23)31/h5-9,14,16,18H,10-13,15H2,1-4H3,(H,32,33)(H,34,37)(H,35,38). The number of hydrogen-bond acceptors (Lipinski definition) is 6. The van der Waals surface area contributed by atoms with Crippen molar-refractivity contribution in [2.45, 2.75) is 46.1 Å². The molecule has 0 bridgehead atoms. The number of H-pyrrole nitrogens is 1. The number of rotatable bonds is 7. The second-order valence-electron chi connectivity index (χ2n) is 10.8. The molecule has 12 heteroatoms. The molecule has 4 rings (SSSR count). The van der Waals surface area contributed by atoms with Crippen LogP contribution in [0.4, 0.5) is 20.6 Å². The Hall–Kier alpha value is -4.12. The van der Waals surface area contributed by atoms with E-state index in [1.54, 1.807) is 17.0 Å². The molecule has 3 amide bonds. The molecule has 2 heterocycles. The SMILES string of the molecule is Cc1cc(OCC2CCN(C(=O)OC(C)(C)C)CC2)ccc1NC(=O)c1[nH]cnc1C(=O)Nc1c(F)cccc1Cl. The maximum atomic E-state index is 14.1. The van der Waals surface area contributed by atoms with Gasteiger partial charge in [0.25, 0.3) is 11.8 Å². The quantitative estimate of drug-likeness (QED) is 0.310. The van der Waals surface area contributed by atoms with E-state index in [1.165, 1.54) is 18.5 Å². The largest absolute Gasteiger partial charge is 0.493 e. The number of para-hydroxylation sites is 1. The van der Waals surface area contributed by atoms with Gasteiger partial charge in [-0.3, -0.25) is 9.59 Å². The molecule has 41 heavy (non-hydrogen) atoms. The van der Waals surface area contributed by atoms with Crippen molar-refractivity contribution in [2.24, 2.45) is 5.92 Å². The molecular weight excluding hydrogens is 553 g/mol. The highest BCUT2D eigenvalue weighted by molar-refractivity contribution is 6.34. The Kier molecular flexibility index (Phi) is 9.17. The van der Waals surface area contributed by atoms with Gasteiger partial charge in [-0.2, -0.15) is 0 Å². The number of imidazole rings is 1. The van der Waals surface area contributed by atoms with Crippen LogP contribution in [-0.4, -0.2) is 58.1 Å². The fourth-order valence-electron chi connectivity index (χ4n) is 4.30. The van der Waals surface area contributed by atoms with E-state index in [2.05, 4.69) is 20.6 Å². The highest BCUT2D eigenvalue weighted by atomic mass is 35.5. The van der Waals surface area contributed by atoms with Crippen LogP contribution in [0.5, 0.6) is 5.75 Å². The number of halogens is 2. The van der Waals surface area contributed by atoms with Crippen molar-refractivity contribution in [1.29, 1.82) is 0 Å². The van der Waals surface area contributed by atoms with Crippen molar-refractivity contribution in [3.05, 3.63) is 70.5 Å². The number of amides is 3. The van der Waals surface area contributed by atoms with Gasteiger partial charge < -0.3 is 30.0 Å². The predicted molar refractivity (Wildman–Crippen MR) is 153 cm³/mol. The fourth-order valence-corrected chi connectivity index (χ4v) is 4.51. The minimum absolute atomic E-state index is 0.0177. The van der Waals surface area contributed by atoms with Crippen molar-refractivity contribution < 1.29 is 28.2 Å². The van der Waals surface area contributed by atoms with E-state index in [0.29, 0.717) is 37.1 Å². The second kappa shape index (κ2) is 12.6. The van der Waals surface area contributed by atoms with Crippen LogP contribution in [0.3, 0.4) is 0 Å². The maximum Gasteiger partial charge on any atom is 0.410 e. The molecule has 0 unspecified atom stereocenters. The number of nitrogens with zero attached hydrogens (tertiary/aromatic N) is 2. The molecule has 1 aromatic heterocycles. The summed E-state index contributed by atoms with van der Waals surface area (Å²) in [5.41, 5.74) is 0.247. The fraction of sp³-hybridized carbons (Fsp3) is 0.379. The summed E-state index contributed by atoms with van der Waals surface area (Å²) in [6, 6.07) is 9.28. The summed E-state index contributed by atoms with van der Waals surface area (Å²) in [5, 5.41) is 5.15. The van der Waals surface area contributed by atoms with Crippen LogP contribution in [0.25, 0.3) is 0 Å². The summed E-state index contributed by atoms with van der Waals surface area (Å²) in [6.45, 7) is 9.12. The molecule has 1 aliphatic rings. The smallest absolute Gasteiger partial charge is 0.410 e. The topological polar surface area (TPSA) is 126 Å². The van der Waals surface area contributed by atoms with Gasteiger partial charge in [0.1, 0.15) is 22.9 Å². The Labute approximate surface area is 242 Å². The second-order valence-corrected chi connectivity index (χ2v) is 11.2. The molecule has 10 nitrogen and oxygen atoms in total. The number of piperidine rings is 1. The molecule has 0 atom stereocenters. The Morgan fingerprint density at radius 3 is 2.51 bits per heavy atom. The zero-order valence-electron chi connectivity index (χ0n) is 23.3. The lowest BCUT2D eigenvalue weighted by molar-refractivity contribution is 0.0164. The molecule has 1 saturated heterocycles. The summed E-state index contributed by atoms with van der Waals surface area (Å²) in [6.07, 6.45) is 2.54. The normalized spacial score (nSPS) is 14.0. The molecule has 1 aliphatic heterocycles. The number of likely N-dealkylation sites (tertiary alicyclic amines) is 1. The molecule has 0 aliphatic carbocycles. The van der Waals surface area contributed by atoms with E-state index in [0.717, 1.165) is 24.5 Å². The summed E-state index contributed by atoms with van der Waals surface area (Å²) in [4.78, 5) is 46.3. The number of aromatic amines is 1. The lowest BCUT2D eigenvalue weighted by atomic mass is 9.98. The average Bonchev–Trinajstić information content (AvgIpc) is 3.41. The maximum absolute atomic E-state index is 14.1. The van der Waals surface area contributed by atoms with Crippen LogP contribution in [0.15, 0.2) is 42.7 Å². The number of hydrogen-bond donors (Lipinski definition) is 3. The van der Waals surface area contributed by atoms with Gasteiger partial charge in [-0.05, 0) is 82.3 Å². The van der Waals surface area contributed by atoms with Gasteiger partial charge in [0.15, 0.2) is 5.69 Å². The third-order valence-corrected chi connectivity index (χ3v) is 6.80. The molecule has 2 aromatic carbocycles. The van der Waals surface area contributed by atoms with Crippen LogP contribution in [0, 0.1) is 18.7 Å².